The average Bonchev–Trinajstić information content (AvgIpc) is 2.54. The number of fused-ring (bicyclic) bond motifs is 1. The van der Waals surface area contributed by atoms with Crippen LogP contribution in [0.15, 0.2) is 57.7 Å². The minimum Gasteiger partial charge on any atom is -0.479 e. The number of carbonyl (C=O) groups is 1. The van der Waals surface area contributed by atoms with Crippen LogP contribution in [0.25, 0.3) is 22.1 Å². The smallest absolute Gasteiger partial charge is 0.344 e. The molecule has 0 aliphatic heterocycles. The monoisotopic (exact) mass is 324 g/mol. The van der Waals surface area contributed by atoms with Crippen LogP contribution in [0.5, 0.6) is 5.75 Å². The minimum atomic E-state index is -1.06. The average molecular weight is 324 g/mol. The normalized spacial score (nSPS) is 12.1. The van der Waals surface area contributed by atoms with Gasteiger partial charge in [0.15, 0.2) is 6.10 Å². The lowest BCUT2D eigenvalue weighted by molar-refractivity contribution is -0.144. The zero-order chi connectivity index (χ0) is 17.3. The van der Waals surface area contributed by atoms with Crippen molar-refractivity contribution in [1.82, 2.24) is 0 Å². The maximum atomic E-state index is 11.9. The van der Waals surface area contributed by atoms with Gasteiger partial charge < -0.3 is 14.3 Å². The highest BCUT2D eigenvalue weighted by Crippen LogP contribution is 2.31. The summed E-state index contributed by atoms with van der Waals surface area (Å²) in [6.45, 7) is 3.41. The second kappa shape index (κ2) is 6.20. The molecule has 122 valence electrons. The summed E-state index contributed by atoms with van der Waals surface area (Å²) in [5.74, 6) is -0.729. The third-order valence-corrected chi connectivity index (χ3v) is 3.81. The molecule has 5 heteroatoms. The van der Waals surface area contributed by atoms with Gasteiger partial charge in [0.25, 0.3) is 0 Å². The first-order valence-electron chi connectivity index (χ1n) is 7.49. The standard InChI is InChI=1S/C19H16O5/c1-11-5-3-4-6-14(11)16-10-18(20)24-17-9-13(7-8-15(16)17)23-12(2)19(21)22/h3-10,12H,1-2H3,(H,21,22)/t12-/m1/s1. The quantitative estimate of drug-likeness (QED) is 0.742. The van der Waals surface area contributed by atoms with E-state index in [9.17, 15) is 9.59 Å². The van der Waals surface area contributed by atoms with Crippen molar-refractivity contribution in [1.29, 1.82) is 0 Å². The van der Waals surface area contributed by atoms with E-state index in [-0.39, 0.29) is 0 Å². The number of hydrogen-bond donors (Lipinski definition) is 1. The van der Waals surface area contributed by atoms with Crippen LogP contribution in [0.3, 0.4) is 0 Å². The van der Waals surface area contributed by atoms with Gasteiger partial charge in [-0.1, -0.05) is 24.3 Å². The SMILES string of the molecule is Cc1ccccc1-c1cc(=O)oc2cc(O[C@H](C)C(=O)O)ccc12. The van der Waals surface area contributed by atoms with Crippen molar-refractivity contribution < 1.29 is 19.1 Å². The van der Waals surface area contributed by atoms with E-state index >= 15 is 0 Å². The van der Waals surface area contributed by atoms with Crippen molar-refractivity contribution in [3.05, 3.63) is 64.5 Å². The molecule has 3 aromatic rings. The van der Waals surface area contributed by atoms with Gasteiger partial charge in [-0.15, -0.1) is 0 Å². The molecule has 24 heavy (non-hydrogen) atoms. The Balaban J connectivity index is 2.14. The summed E-state index contributed by atoms with van der Waals surface area (Å²) in [7, 11) is 0. The van der Waals surface area contributed by atoms with Gasteiger partial charge in [0.2, 0.25) is 0 Å². The Labute approximate surface area is 138 Å². The van der Waals surface area contributed by atoms with Gasteiger partial charge in [0.1, 0.15) is 11.3 Å². The Bertz CT molecular complexity index is 971. The molecular weight excluding hydrogens is 308 g/mol. The largest absolute Gasteiger partial charge is 0.479 e. The molecule has 0 radical (unpaired) electrons. The van der Waals surface area contributed by atoms with Crippen LogP contribution in [-0.4, -0.2) is 17.2 Å². The van der Waals surface area contributed by atoms with Gasteiger partial charge in [0.05, 0.1) is 0 Å². The molecule has 0 aliphatic rings. The van der Waals surface area contributed by atoms with Crippen molar-refractivity contribution in [3.8, 4) is 16.9 Å². The van der Waals surface area contributed by atoms with Crippen LogP contribution >= 0.6 is 0 Å². The molecule has 1 aromatic heterocycles. The molecule has 0 bridgehead atoms. The summed E-state index contributed by atoms with van der Waals surface area (Å²) in [6, 6.07) is 14.2. The lowest BCUT2D eigenvalue weighted by Crippen LogP contribution is -2.22. The van der Waals surface area contributed by atoms with Crippen molar-refractivity contribution in [2.75, 3.05) is 0 Å². The van der Waals surface area contributed by atoms with Crippen LogP contribution in [0.1, 0.15) is 12.5 Å². The molecule has 3 rings (SSSR count). The fourth-order valence-corrected chi connectivity index (χ4v) is 2.57. The summed E-state index contributed by atoms with van der Waals surface area (Å²) >= 11 is 0. The lowest BCUT2D eigenvalue weighted by atomic mass is 9.98. The number of ether oxygens (including phenoxy) is 1. The van der Waals surface area contributed by atoms with E-state index in [1.165, 1.54) is 19.1 Å². The first-order valence-corrected chi connectivity index (χ1v) is 7.49. The second-order valence-electron chi connectivity index (χ2n) is 5.55. The molecule has 5 nitrogen and oxygen atoms in total. The molecule has 0 aliphatic carbocycles. The highest BCUT2D eigenvalue weighted by atomic mass is 16.5. The Morgan fingerprint density at radius 1 is 1.12 bits per heavy atom. The first-order chi connectivity index (χ1) is 11.5. The molecule has 1 heterocycles. The summed E-state index contributed by atoms with van der Waals surface area (Å²) in [5.41, 5.74) is 2.66. The van der Waals surface area contributed by atoms with Crippen LogP contribution < -0.4 is 10.4 Å². The summed E-state index contributed by atoms with van der Waals surface area (Å²) < 4.78 is 10.6. The van der Waals surface area contributed by atoms with Crippen molar-refractivity contribution in [2.24, 2.45) is 0 Å². The van der Waals surface area contributed by atoms with Gasteiger partial charge in [-0.3, -0.25) is 0 Å². The van der Waals surface area contributed by atoms with Gasteiger partial charge >= 0.3 is 11.6 Å². The molecule has 1 N–H and O–H groups in total. The van der Waals surface area contributed by atoms with E-state index in [0.717, 1.165) is 22.1 Å². The van der Waals surface area contributed by atoms with Crippen molar-refractivity contribution >= 4 is 16.9 Å². The fraction of sp³-hybridized carbons (Fsp3) is 0.158. The second-order valence-corrected chi connectivity index (χ2v) is 5.55. The summed E-state index contributed by atoms with van der Waals surface area (Å²) in [4.78, 5) is 22.8. The number of carboxylic acid groups (broad SMARTS) is 1. The first kappa shape index (κ1) is 15.8. The molecule has 1 atom stereocenters. The number of aliphatic carboxylic acids is 1. The Morgan fingerprint density at radius 3 is 2.58 bits per heavy atom. The Hall–Kier alpha value is -3.08. The van der Waals surface area contributed by atoms with E-state index < -0.39 is 17.7 Å². The van der Waals surface area contributed by atoms with E-state index in [1.54, 1.807) is 12.1 Å². The number of benzene rings is 2. The van der Waals surface area contributed by atoms with Crippen LogP contribution in [0, 0.1) is 6.92 Å². The van der Waals surface area contributed by atoms with Crippen molar-refractivity contribution in [2.45, 2.75) is 20.0 Å². The van der Waals surface area contributed by atoms with Gasteiger partial charge in [0, 0.05) is 23.1 Å². The molecular formula is C19H16O5. The van der Waals surface area contributed by atoms with Gasteiger partial charge in [-0.25, -0.2) is 9.59 Å². The van der Waals surface area contributed by atoms with E-state index in [0.29, 0.717) is 11.3 Å². The third-order valence-electron chi connectivity index (χ3n) is 3.81. The Kier molecular flexibility index (Phi) is 4.08. The number of rotatable bonds is 4. The topological polar surface area (TPSA) is 76.7 Å². The van der Waals surface area contributed by atoms with E-state index in [4.69, 9.17) is 14.3 Å². The van der Waals surface area contributed by atoms with E-state index in [2.05, 4.69) is 0 Å². The maximum Gasteiger partial charge on any atom is 0.344 e. The van der Waals surface area contributed by atoms with Gasteiger partial charge in [-0.05, 0) is 37.1 Å². The van der Waals surface area contributed by atoms with E-state index in [1.807, 2.05) is 31.2 Å². The van der Waals surface area contributed by atoms with Crippen LogP contribution in [0.2, 0.25) is 0 Å². The molecule has 0 amide bonds. The third kappa shape index (κ3) is 3.01. The van der Waals surface area contributed by atoms with Gasteiger partial charge in [-0.2, -0.15) is 0 Å². The molecule has 0 unspecified atom stereocenters. The molecule has 0 fully saturated rings. The molecule has 2 aromatic carbocycles. The highest BCUT2D eigenvalue weighted by molar-refractivity contribution is 5.94. The number of aryl methyl sites for hydroxylation is 1. The zero-order valence-corrected chi connectivity index (χ0v) is 13.3. The molecule has 0 spiro atoms. The number of carboxylic acids is 1. The Morgan fingerprint density at radius 2 is 1.88 bits per heavy atom. The molecule has 0 saturated heterocycles. The number of hydrogen-bond acceptors (Lipinski definition) is 4. The minimum absolute atomic E-state index is 0.336. The predicted molar refractivity (Wildman–Crippen MR) is 90.4 cm³/mol. The van der Waals surface area contributed by atoms with Crippen LogP contribution in [0.4, 0.5) is 0 Å². The highest BCUT2D eigenvalue weighted by Gasteiger charge is 2.15. The lowest BCUT2D eigenvalue weighted by Gasteiger charge is -2.12. The summed E-state index contributed by atoms with van der Waals surface area (Å²) in [5, 5.41) is 9.69. The van der Waals surface area contributed by atoms with Crippen molar-refractivity contribution in [3.63, 3.8) is 0 Å². The summed E-state index contributed by atoms with van der Waals surface area (Å²) in [6.07, 6.45) is -0.992. The fourth-order valence-electron chi connectivity index (χ4n) is 2.57. The zero-order valence-electron chi connectivity index (χ0n) is 13.3. The molecule has 0 saturated carbocycles. The van der Waals surface area contributed by atoms with Crippen LogP contribution in [-0.2, 0) is 4.79 Å². The predicted octanol–water partition coefficient (Wildman–Crippen LogP) is 3.62. The maximum absolute atomic E-state index is 11.9.